The van der Waals surface area contributed by atoms with Crippen molar-refractivity contribution in [3.63, 3.8) is 0 Å². The van der Waals surface area contributed by atoms with Gasteiger partial charge in [0.1, 0.15) is 3.23 Å². The van der Waals surface area contributed by atoms with Gasteiger partial charge >= 0.3 is 0 Å². The van der Waals surface area contributed by atoms with Crippen LogP contribution in [0.4, 0.5) is 0 Å². The van der Waals surface area contributed by atoms with Crippen LogP contribution in [0, 0.1) is 10.8 Å². The van der Waals surface area contributed by atoms with Gasteiger partial charge in [0, 0.05) is 10.8 Å². The summed E-state index contributed by atoms with van der Waals surface area (Å²) >= 11 is 7.64. The molecule has 0 bridgehead atoms. The number of hydrogen-bond donors (Lipinski definition) is 0. The van der Waals surface area contributed by atoms with Crippen molar-refractivity contribution in [3.05, 3.63) is 24.3 Å². The lowest BCUT2D eigenvalue weighted by atomic mass is 9.92. The Morgan fingerprint density at radius 1 is 0.917 bits per heavy atom. The number of alkyl halides is 2. The molecular formula is C10H10Br2. The van der Waals surface area contributed by atoms with E-state index in [-0.39, 0.29) is 3.23 Å². The van der Waals surface area contributed by atoms with Crippen molar-refractivity contribution >= 4 is 31.9 Å². The summed E-state index contributed by atoms with van der Waals surface area (Å²) in [5.74, 6) is 0. The van der Waals surface area contributed by atoms with Crippen LogP contribution in [0.2, 0.25) is 0 Å². The van der Waals surface area contributed by atoms with Gasteiger partial charge in [0.2, 0.25) is 0 Å². The Morgan fingerprint density at radius 2 is 1.42 bits per heavy atom. The molecule has 3 aliphatic rings. The molecule has 2 saturated carbocycles. The smallest absolute Gasteiger partial charge is 0.0751 e. The fraction of sp³-hybridized carbons (Fsp3) is 0.600. The minimum Gasteiger partial charge on any atom is -0.0751 e. The number of rotatable bonds is 0. The Hall–Kier alpha value is 0.440. The number of halogens is 2. The minimum absolute atomic E-state index is 0.168. The summed E-state index contributed by atoms with van der Waals surface area (Å²) in [6, 6.07) is 0. The highest BCUT2D eigenvalue weighted by Gasteiger charge is 2.84. The molecule has 0 heterocycles. The lowest BCUT2D eigenvalue weighted by Gasteiger charge is -2.10. The molecule has 2 fully saturated rings. The first-order valence-corrected chi connectivity index (χ1v) is 6.00. The standard InChI is InChI=1S/C10H10Br2/c11-10(12)8-4-1-2-5-9(8,10)7-3-6-8/h1-2,4-5H,3,6-7H2. The third-order valence-corrected chi connectivity index (χ3v) is 6.70. The lowest BCUT2D eigenvalue weighted by Crippen LogP contribution is -2.04. The van der Waals surface area contributed by atoms with Crippen molar-refractivity contribution in [3.8, 4) is 0 Å². The zero-order chi connectivity index (χ0) is 8.45. The molecule has 0 aromatic rings. The molecule has 0 radical (unpaired) electrons. The minimum atomic E-state index is 0.168. The zero-order valence-corrected chi connectivity index (χ0v) is 9.86. The van der Waals surface area contributed by atoms with Crippen molar-refractivity contribution < 1.29 is 0 Å². The molecule has 12 heavy (non-hydrogen) atoms. The van der Waals surface area contributed by atoms with Crippen LogP contribution in [0.15, 0.2) is 24.3 Å². The SMILES string of the molecule is BrC1(Br)C23C=CC=CC12CCC3. The van der Waals surface area contributed by atoms with Gasteiger partial charge in [0.15, 0.2) is 0 Å². The van der Waals surface area contributed by atoms with E-state index in [0.717, 1.165) is 0 Å². The van der Waals surface area contributed by atoms with Gasteiger partial charge in [0.25, 0.3) is 0 Å². The zero-order valence-electron chi connectivity index (χ0n) is 6.69. The third kappa shape index (κ3) is 0.517. The molecule has 2 atom stereocenters. The molecule has 0 spiro atoms. The van der Waals surface area contributed by atoms with Crippen LogP contribution in [0.25, 0.3) is 0 Å². The van der Waals surface area contributed by atoms with E-state index in [1.807, 2.05) is 0 Å². The fourth-order valence-corrected chi connectivity index (χ4v) is 5.71. The first kappa shape index (κ1) is 7.81. The van der Waals surface area contributed by atoms with Crippen LogP contribution in [0.5, 0.6) is 0 Å². The maximum Gasteiger partial charge on any atom is 0.100 e. The molecule has 3 aliphatic carbocycles. The summed E-state index contributed by atoms with van der Waals surface area (Å²) in [4.78, 5) is 0. The van der Waals surface area contributed by atoms with Gasteiger partial charge in [-0.25, -0.2) is 0 Å². The van der Waals surface area contributed by atoms with E-state index in [9.17, 15) is 0 Å². The van der Waals surface area contributed by atoms with Gasteiger partial charge in [-0.05, 0) is 12.8 Å². The highest BCUT2D eigenvalue weighted by Crippen LogP contribution is 2.88. The van der Waals surface area contributed by atoms with Crippen LogP contribution >= 0.6 is 31.9 Å². The van der Waals surface area contributed by atoms with Crippen molar-refractivity contribution in [2.75, 3.05) is 0 Å². The molecule has 0 aromatic carbocycles. The Balaban J connectivity index is 2.20. The average Bonchev–Trinajstić information content (AvgIpc) is 2.44. The Labute approximate surface area is 89.4 Å². The Morgan fingerprint density at radius 3 is 1.92 bits per heavy atom. The summed E-state index contributed by atoms with van der Waals surface area (Å²) in [6.45, 7) is 0. The topological polar surface area (TPSA) is 0 Å². The molecule has 0 saturated heterocycles. The lowest BCUT2D eigenvalue weighted by molar-refractivity contribution is 0.552. The molecule has 2 heteroatoms. The van der Waals surface area contributed by atoms with Gasteiger partial charge in [-0.3, -0.25) is 0 Å². The van der Waals surface area contributed by atoms with Crippen LogP contribution < -0.4 is 0 Å². The molecule has 0 nitrogen and oxygen atoms in total. The second-order valence-electron chi connectivity index (χ2n) is 4.09. The highest BCUT2D eigenvalue weighted by molar-refractivity contribution is 9.25. The monoisotopic (exact) mass is 288 g/mol. The summed E-state index contributed by atoms with van der Waals surface area (Å²) in [5.41, 5.74) is 0.795. The van der Waals surface area contributed by atoms with E-state index in [0.29, 0.717) is 10.8 Å². The molecule has 64 valence electrons. The molecule has 0 aliphatic heterocycles. The maximum absolute atomic E-state index is 3.82. The van der Waals surface area contributed by atoms with E-state index >= 15 is 0 Å². The Kier molecular flexibility index (Phi) is 1.25. The maximum atomic E-state index is 3.82. The predicted octanol–water partition coefficient (Wildman–Crippen LogP) is 3.77. The van der Waals surface area contributed by atoms with Crippen molar-refractivity contribution in [1.29, 1.82) is 0 Å². The molecule has 0 N–H and O–H groups in total. The second kappa shape index (κ2) is 1.93. The number of hydrogen-bond acceptors (Lipinski definition) is 0. The second-order valence-corrected chi connectivity index (χ2v) is 7.53. The number of allylic oxidation sites excluding steroid dienone is 4. The van der Waals surface area contributed by atoms with E-state index < -0.39 is 0 Å². The molecule has 0 aromatic heterocycles. The molecular weight excluding hydrogens is 280 g/mol. The van der Waals surface area contributed by atoms with E-state index in [1.54, 1.807) is 0 Å². The normalized spacial score (nSPS) is 51.8. The molecule has 0 amide bonds. The molecule has 2 unspecified atom stereocenters. The summed E-state index contributed by atoms with van der Waals surface area (Å²) in [7, 11) is 0. The van der Waals surface area contributed by atoms with E-state index in [1.165, 1.54) is 19.3 Å². The molecule has 3 rings (SSSR count). The predicted molar refractivity (Wildman–Crippen MR) is 57.6 cm³/mol. The quantitative estimate of drug-likeness (QED) is 0.596. The summed E-state index contributed by atoms with van der Waals surface area (Å²) < 4.78 is 0.168. The average molecular weight is 290 g/mol. The largest absolute Gasteiger partial charge is 0.100 e. The summed E-state index contributed by atoms with van der Waals surface area (Å²) in [6.07, 6.45) is 13.1. The van der Waals surface area contributed by atoms with E-state index in [4.69, 9.17) is 0 Å². The van der Waals surface area contributed by atoms with Gasteiger partial charge < -0.3 is 0 Å². The van der Waals surface area contributed by atoms with E-state index in [2.05, 4.69) is 56.2 Å². The van der Waals surface area contributed by atoms with Crippen molar-refractivity contribution in [2.45, 2.75) is 22.5 Å². The van der Waals surface area contributed by atoms with Crippen LogP contribution in [0.1, 0.15) is 19.3 Å². The fourth-order valence-electron chi connectivity index (χ4n) is 3.18. The first-order valence-electron chi connectivity index (χ1n) is 4.41. The van der Waals surface area contributed by atoms with Crippen LogP contribution in [-0.2, 0) is 0 Å². The van der Waals surface area contributed by atoms with Crippen molar-refractivity contribution in [2.24, 2.45) is 10.8 Å². The van der Waals surface area contributed by atoms with Crippen LogP contribution in [0.3, 0.4) is 0 Å². The summed E-state index contributed by atoms with van der Waals surface area (Å²) in [5, 5.41) is 0. The first-order chi connectivity index (χ1) is 5.66. The van der Waals surface area contributed by atoms with Gasteiger partial charge in [-0.2, -0.15) is 0 Å². The van der Waals surface area contributed by atoms with Gasteiger partial charge in [-0.1, -0.05) is 62.6 Å². The highest BCUT2D eigenvalue weighted by atomic mass is 79.9. The van der Waals surface area contributed by atoms with Gasteiger partial charge in [0.05, 0.1) is 0 Å². The van der Waals surface area contributed by atoms with Gasteiger partial charge in [-0.15, -0.1) is 0 Å². The Bertz CT molecular complexity index is 275. The van der Waals surface area contributed by atoms with Crippen LogP contribution in [-0.4, -0.2) is 3.23 Å². The third-order valence-electron chi connectivity index (χ3n) is 3.87. The van der Waals surface area contributed by atoms with Crippen molar-refractivity contribution in [1.82, 2.24) is 0 Å².